The van der Waals surface area contributed by atoms with Crippen LogP contribution in [0.5, 0.6) is 5.75 Å². The Bertz CT molecular complexity index is 786. The van der Waals surface area contributed by atoms with Crippen molar-refractivity contribution >= 4 is 5.91 Å². The van der Waals surface area contributed by atoms with Gasteiger partial charge in [-0.1, -0.05) is 24.2 Å². The molecule has 138 valence electrons. The Hall–Kier alpha value is -2.34. The molecule has 26 heavy (non-hydrogen) atoms. The summed E-state index contributed by atoms with van der Waals surface area (Å²) >= 11 is 0. The number of aromatic nitrogens is 1. The summed E-state index contributed by atoms with van der Waals surface area (Å²) in [6.45, 7) is 6.63. The largest absolute Gasteiger partial charge is 0.488 e. The highest BCUT2D eigenvalue weighted by Crippen LogP contribution is 2.38. The fraction of sp³-hybridized carbons (Fsp3) is 0.500. The van der Waals surface area contributed by atoms with Crippen LogP contribution in [0.3, 0.4) is 0 Å². The number of hydrogen-bond donors (Lipinski definition) is 1. The summed E-state index contributed by atoms with van der Waals surface area (Å²) < 4.78 is 11.2. The highest BCUT2D eigenvalue weighted by Gasteiger charge is 2.28. The molecule has 4 rings (SSSR count). The number of piperidine rings is 1. The van der Waals surface area contributed by atoms with Gasteiger partial charge in [-0.15, -0.1) is 0 Å². The zero-order valence-electron chi connectivity index (χ0n) is 15.2. The molecule has 1 atom stereocenters. The SMILES string of the molecule is CC1CCCN(CCCNC(=O)c2noc3c2COc2ccccc2-3)C1. The maximum Gasteiger partial charge on any atom is 0.273 e. The maximum atomic E-state index is 12.5. The summed E-state index contributed by atoms with van der Waals surface area (Å²) in [5.74, 6) is 1.99. The van der Waals surface area contributed by atoms with Crippen molar-refractivity contribution in [3.05, 3.63) is 35.5 Å². The van der Waals surface area contributed by atoms with Crippen molar-refractivity contribution in [2.75, 3.05) is 26.2 Å². The molecule has 2 aliphatic heterocycles. The number of rotatable bonds is 5. The van der Waals surface area contributed by atoms with E-state index in [2.05, 4.69) is 22.3 Å². The van der Waals surface area contributed by atoms with Gasteiger partial charge >= 0.3 is 0 Å². The molecule has 1 aromatic heterocycles. The molecule has 2 aromatic rings. The minimum absolute atomic E-state index is 0.190. The summed E-state index contributed by atoms with van der Waals surface area (Å²) in [6.07, 6.45) is 3.55. The van der Waals surface area contributed by atoms with Gasteiger partial charge in [0.1, 0.15) is 12.4 Å². The Morgan fingerprint density at radius 3 is 3.15 bits per heavy atom. The number of ether oxygens (including phenoxy) is 1. The number of likely N-dealkylation sites (tertiary alicyclic amines) is 1. The second kappa shape index (κ2) is 7.50. The highest BCUT2D eigenvalue weighted by atomic mass is 16.5. The molecule has 2 aliphatic rings. The van der Waals surface area contributed by atoms with Crippen LogP contribution < -0.4 is 10.1 Å². The van der Waals surface area contributed by atoms with Crippen LogP contribution in [-0.2, 0) is 6.61 Å². The number of fused-ring (bicyclic) bond motifs is 3. The minimum Gasteiger partial charge on any atom is -0.488 e. The lowest BCUT2D eigenvalue weighted by molar-refractivity contribution is 0.0939. The van der Waals surface area contributed by atoms with Crippen LogP contribution >= 0.6 is 0 Å². The van der Waals surface area contributed by atoms with Gasteiger partial charge in [-0.2, -0.15) is 0 Å². The molecule has 1 aromatic carbocycles. The molecule has 0 bridgehead atoms. The second-order valence-corrected chi connectivity index (χ2v) is 7.28. The zero-order chi connectivity index (χ0) is 17.9. The summed E-state index contributed by atoms with van der Waals surface area (Å²) in [5, 5.41) is 6.96. The van der Waals surface area contributed by atoms with Gasteiger partial charge in [0, 0.05) is 13.1 Å². The molecular formula is C20H25N3O3. The van der Waals surface area contributed by atoms with E-state index in [0.717, 1.165) is 35.8 Å². The number of carbonyl (C=O) groups excluding carboxylic acids is 1. The molecule has 0 saturated carbocycles. The summed E-state index contributed by atoms with van der Waals surface area (Å²) in [7, 11) is 0. The van der Waals surface area contributed by atoms with E-state index in [4.69, 9.17) is 9.26 Å². The Morgan fingerprint density at radius 1 is 1.38 bits per heavy atom. The van der Waals surface area contributed by atoms with E-state index in [1.165, 1.54) is 25.9 Å². The molecule has 0 aliphatic carbocycles. The maximum absolute atomic E-state index is 12.5. The predicted octanol–water partition coefficient (Wildman–Crippen LogP) is 3.09. The smallest absolute Gasteiger partial charge is 0.273 e. The van der Waals surface area contributed by atoms with Gasteiger partial charge in [-0.05, 0) is 50.4 Å². The third-order valence-electron chi connectivity index (χ3n) is 5.18. The molecule has 1 fully saturated rings. The second-order valence-electron chi connectivity index (χ2n) is 7.28. The lowest BCUT2D eigenvalue weighted by Crippen LogP contribution is -2.36. The van der Waals surface area contributed by atoms with Crippen LogP contribution in [0.4, 0.5) is 0 Å². The van der Waals surface area contributed by atoms with Crippen LogP contribution in [-0.4, -0.2) is 42.1 Å². The molecule has 1 N–H and O–H groups in total. The van der Waals surface area contributed by atoms with E-state index in [-0.39, 0.29) is 5.91 Å². The van der Waals surface area contributed by atoms with Crippen molar-refractivity contribution in [2.24, 2.45) is 5.92 Å². The molecule has 6 heteroatoms. The van der Waals surface area contributed by atoms with Crippen molar-refractivity contribution in [3.8, 4) is 17.1 Å². The van der Waals surface area contributed by atoms with Crippen LogP contribution in [0, 0.1) is 5.92 Å². The van der Waals surface area contributed by atoms with Crippen LogP contribution in [0.25, 0.3) is 11.3 Å². The fourth-order valence-electron chi connectivity index (χ4n) is 3.84. The number of benzene rings is 1. The van der Waals surface area contributed by atoms with Gasteiger partial charge in [0.2, 0.25) is 0 Å². The lowest BCUT2D eigenvalue weighted by atomic mass is 10.0. The summed E-state index contributed by atoms with van der Waals surface area (Å²) in [4.78, 5) is 15.0. The number of nitrogens with zero attached hydrogens (tertiary/aromatic N) is 2. The first-order chi connectivity index (χ1) is 12.7. The molecule has 1 amide bonds. The Labute approximate surface area is 153 Å². The van der Waals surface area contributed by atoms with E-state index in [0.29, 0.717) is 24.6 Å². The van der Waals surface area contributed by atoms with Crippen LogP contribution in [0.2, 0.25) is 0 Å². The molecule has 3 heterocycles. The minimum atomic E-state index is -0.190. The average molecular weight is 355 g/mol. The van der Waals surface area contributed by atoms with E-state index in [1.807, 2.05) is 24.3 Å². The van der Waals surface area contributed by atoms with Crippen molar-refractivity contribution in [1.82, 2.24) is 15.4 Å². The molecular weight excluding hydrogens is 330 g/mol. The van der Waals surface area contributed by atoms with Crippen LogP contribution in [0.1, 0.15) is 42.2 Å². The van der Waals surface area contributed by atoms with E-state index in [9.17, 15) is 4.79 Å². The number of amides is 1. The third-order valence-corrected chi connectivity index (χ3v) is 5.18. The topological polar surface area (TPSA) is 67.6 Å². The predicted molar refractivity (Wildman–Crippen MR) is 98.1 cm³/mol. The Balaban J connectivity index is 1.33. The number of nitrogens with one attached hydrogen (secondary N) is 1. The first-order valence-electron chi connectivity index (χ1n) is 9.43. The Morgan fingerprint density at radius 2 is 2.27 bits per heavy atom. The fourth-order valence-corrected chi connectivity index (χ4v) is 3.84. The van der Waals surface area contributed by atoms with E-state index < -0.39 is 0 Å². The van der Waals surface area contributed by atoms with Crippen molar-refractivity contribution < 1.29 is 14.1 Å². The summed E-state index contributed by atoms with van der Waals surface area (Å²) in [5.41, 5.74) is 1.91. The van der Waals surface area contributed by atoms with Gasteiger partial charge in [0.25, 0.3) is 5.91 Å². The van der Waals surface area contributed by atoms with Crippen LogP contribution in [0.15, 0.2) is 28.8 Å². The summed E-state index contributed by atoms with van der Waals surface area (Å²) in [6, 6.07) is 7.64. The molecule has 1 saturated heterocycles. The average Bonchev–Trinajstić information content (AvgIpc) is 3.10. The molecule has 1 unspecified atom stereocenters. The highest BCUT2D eigenvalue weighted by molar-refractivity contribution is 5.95. The third kappa shape index (κ3) is 3.46. The first-order valence-corrected chi connectivity index (χ1v) is 9.43. The van der Waals surface area contributed by atoms with Gasteiger partial charge in [0.05, 0.1) is 11.1 Å². The van der Waals surface area contributed by atoms with Gasteiger partial charge in [-0.25, -0.2) is 0 Å². The van der Waals surface area contributed by atoms with Crippen molar-refractivity contribution in [3.63, 3.8) is 0 Å². The standard InChI is InChI=1S/C20H25N3O3/c1-14-6-4-10-23(12-14)11-5-9-21-20(24)18-16-13-25-17-8-3-2-7-15(17)19(16)26-22-18/h2-3,7-8,14H,4-6,9-13H2,1H3,(H,21,24). The van der Waals surface area contributed by atoms with Gasteiger partial charge in [0.15, 0.2) is 11.5 Å². The Kier molecular flexibility index (Phi) is 4.93. The van der Waals surface area contributed by atoms with E-state index in [1.54, 1.807) is 0 Å². The number of hydrogen-bond acceptors (Lipinski definition) is 5. The first kappa shape index (κ1) is 17.1. The molecule has 0 radical (unpaired) electrons. The quantitative estimate of drug-likeness (QED) is 0.835. The van der Waals surface area contributed by atoms with Gasteiger partial charge < -0.3 is 19.5 Å². The normalized spacial score (nSPS) is 19.3. The number of carbonyl (C=O) groups is 1. The van der Waals surface area contributed by atoms with Gasteiger partial charge in [-0.3, -0.25) is 4.79 Å². The number of para-hydroxylation sites is 1. The zero-order valence-corrected chi connectivity index (χ0v) is 15.2. The molecule has 0 spiro atoms. The lowest BCUT2D eigenvalue weighted by Gasteiger charge is -2.30. The van der Waals surface area contributed by atoms with Crippen molar-refractivity contribution in [1.29, 1.82) is 0 Å². The van der Waals surface area contributed by atoms with Crippen molar-refractivity contribution in [2.45, 2.75) is 32.8 Å². The molecule has 6 nitrogen and oxygen atoms in total. The van der Waals surface area contributed by atoms with E-state index >= 15 is 0 Å². The monoisotopic (exact) mass is 355 g/mol.